The Labute approximate surface area is 81.8 Å². The van der Waals surface area contributed by atoms with Gasteiger partial charge in [-0.05, 0) is 13.3 Å². The summed E-state index contributed by atoms with van der Waals surface area (Å²) in [7, 11) is 0. The van der Waals surface area contributed by atoms with Crippen molar-refractivity contribution in [3.05, 3.63) is 12.4 Å². The SMILES string of the molecule is CC1OCCC1C(=O)Nc1cn[nH]c1. The van der Waals surface area contributed by atoms with Crippen molar-refractivity contribution in [1.29, 1.82) is 0 Å². The summed E-state index contributed by atoms with van der Waals surface area (Å²) in [4.78, 5) is 11.7. The number of hydrogen-bond donors (Lipinski definition) is 2. The molecule has 0 saturated carbocycles. The van der Waals surface area contributed by atoms with Gasteiger partial charge in [0, 0.05) is 12.8 Å². The fourth-order valence-corrected chi connectivity index (χ4v) is 1.63. The van der Waals surface area contributed by atoms with Gasteiger partial charge in [-0.25, -0.2) is 0 Å². The first-order chi connectivity index (χ1) is 6.77. The quantitative estimate of drug-likeness (QED) is 0.732. The smallest absolute Gasteiger partial charge is 0.230 e. The van der Waals surface area contributed by atoms with Crippen LogP contribution in [0.2, 0.25) is 0 Å². The summed E-state index contributed by atoms with van der Waals surface area (Å²) in [5, 5.41) is 9.17. The van der Waals surface area contributed by atoms with Crippen LogP contribution in [0.25, 0.3) is 0 Å². The monoisotopic (exact) mass is 195 g/mol. The summed E-state index contributed by atoms with van der Waals surface area (Å²) < 4.78 is 5.32. The van der Waals surface area contributed by atoms with Crippen LogP contribution in [0.5, 0.6) is 0 Å². The molecule has 1 aliphatic rings. The van der Waals surface area contributed by atoms with Crippen LogP contribution >= 0.6 is 0 Å². The number of anilines is 1. The van der Waals surface area contributed by atoms with Crippen LogP contribution in [0.15, 0.2) is 12.4 Å². The van der Waals surface area contributed by atoms with Crippen LogP contribution in [0.4, 0.5) is 5.69 Å². The molecule has 5 heteroatoms. The predicted molar refractivity (Wildman–Crippen MR) is 50.7 cm³/mol. The summed E-state index contributed by atoms with van der Waals surface area (Å²) >= 11 is 0. The summed E-state index contributed by atoms with van der Waals surface area (Å²) in [5.41, 5.74) is 0.703. The Balaban J connectivity index is 1.95. The topological polar surface area (TPSA) is 67.0 Å². The molecule has 0 spiro atoms. The van der Waals surface area contributed by atoms with E-state index in [1.807, 2.05) is 6.92 Å². The van der Waals surface area contributed by atoms with Crippen molar-refractivity contribution in [2.75, 3.05) is 11.9 Å². The first-order valence-electron chi connectivity index (χ1n) is 4.68. The maximum Gasteiger partial charge on any atom is 0.230 e. The van der Waals surface area contributed by atoms with E-state index in [0.717, 1.165) is 6.42 Å². The molecule has 1 aromatic rings. The Kier molecular flexibility index (Phi) is 2.49. The lowest BCUT2D eigenvalue weighted by atomic mass is 10.0. The first-order valence-corrected chi connectivity index (χ1v) is 4.68. The molecule has 1 fully saturated rings. The van der Waals surface area contributed by atoms with E-state index in [9.17, 15) is 4.79 Å². The number of nitrogens with zero attached hydrogens (tertiary/aromatic N) is 1. The molecule has 1 aromatic heterocycles. The fraction of sp³-hybridized carbons (Fsp3) is 0.556. The zero-order valence-corrected chi connectivity index (χ0v) is 7.99. The minimum absolute atomic E-state index is 0.0106. The number of ether oxygens (including phenoxy) is 1. The average Bonchev–Trinajstić information content (AvgIpc) is 2.75. The summed E-state index contributed by atoms with van der Waals surface area (Å²) in [6.07, 6.45) is 4.05. The molecule has 1 aliphatic heterocycles. The van der Waals surface area contributed by atoms with E-state index in [-0.39, 0.29) is 17.9 Å². The van der Waals surface area contributed by atoms with E-state index in [2.05, 4.69) is 15.5 Å². The van der Waals surface area contributed by atoms with Gasteiger partial charge >= 0.3 is 0 Å². The van der Waals surface area contributed by atoms with E-state index in [1.165, 1.54) is 0 Å². The number of aromatic amines is 1. The third kappa shape index (κ3) is 1.77. The van der Waals surface area contributed by atoms with Crippen molar-refractivity contribution in [3.63, 3.8) is 0 Å². The van der Waals surface area contributed by atoms with Crippen LogP contribution in [0.3, 0.4) is 0 Å². The van der Waals surface area contributed by atoms with Crippen LogP contribution < -0.4 is 5.32 Å². The molecule has 0 bridgehead atoms. The molecule has 5 nitrogen and oxygen atoms in total. The normalized spacial score (nSPS) is 26.4. The third-order valence-corrected chi connectivity index (χ3v) is 2.48. The zero-order chi connectivity index (χ0) is 9.97. The molecular weight excluding hydrogens is 182 g/mol. The highest BCUT2D eigenvalue weighted by Gasteiger charge is 2.30. The molecule has 2 N–H and O–H groups in total. The largest absolute Gasteiger partial charge is 0.378 e. The Morgan fingerprint density at radius 1 is 1.79 bits per heavy atom. The molecular formula is C9H13N3O2. The lowest BCUT2D eigenvalue weighted by Crippen LogP contribution is -2.27. The highest BCUT2D eigenvalue weighted by atomic mass is 16.5. The van der Waals surface area contributed by atoms with Gasteiger partial charge in [-0.15, -0.1) is 0 Å². The maximum atomic E-state index is 11.7. The fourth-order valence-electron chi connectivity index (χ4n) is 1.63. The molecule has 76 valence electrons. The molecule has 2 atom stereocenters. The second-order valence-corrected chi connectivity index (χ2v) is 3.45. The highest BCUT2D eigenvalue weighted by Crippen LogP contribution is 2.21. The number of nitrogens with one attached hydrogen (secondary N) is 2. The number of aromatic nitrogens is 2. The van der Waals surface area contributed by atoms with Gasteiger partial charge in [0.25, 0.3) is 0 Å². The minimum atomic E-state index is -0.0371. The Bertz CT molecular complexity index is 310. The van der Waals surface area contributed by atoms with Crippen molar-refractivity contribution >= 4 is 11.6 Å². The molecule has 0 aliphatic carbocycles. The summed E-state index contributed by atoms with van der Waals surface area (Å²) in [6.45, 7) is 2.59. The van der Waals surface area contributed by atoms with Crippen LogP contribution in [0, 0.1) is 5.92 Å². The molecule has 0 radical (unpaired) electrons. The second kappa shape index (κ2) is 3.79. The Morgan fingerprint density at radius 3 is 3.21 bits per heavy atom. The van der Waals surface area contributed by atoms with Crippen LogP contribution in [0.1, 0.15) is 13.3 Å². The summed E-state index contributed by atoms with van der Waals surface area (Å²) in [5.74, 6) is -0.0266. The molecule has 14 heavy (non-hydrogen) atoms. The van der Waals surface area contributed by atoms with Gasteiger partial charge in [0.1, 0.15) is 0 Å². The van der Waals surface area contributed by atoms with E-state index in [1.54, 1.807) is 12.4 Å². The van der Waals surface area contributed by atoms with Gasteiger partial charge in [0.2, 0.25) is 5.91 Å². The maximum absolute atomic E-state index is 11.7. The highest BCUT2D eigenvalue weighted by molar-refractivity contribution is 5.92. The number of hydrogen-bond acceptors (Lipinski definition) is 3. The minimum Gasteiger partial charge on any atom is -0.378 e. The molecule has 1 amide bonds. The van der Waals surface area contributed by atoms with Gasteiger partial charge in [-0.3, -0.25) is 9.89 Å². The average molecular weight is 195 g/mol. The molecule has 2 unspecified atom stereocenters. The van der Waals surface area contributed by atoms with Crippen molar-refractivity contribution in [2.45, 2.75) is 19.4 Å². The molecule has 2 rings (SSSR count). The van der Waals surface area contributed by atoms with Gasteiger partial charge in [0.05, 0.1) is 23.9 Å². The van der Waals surface area contributed by atoms with Crippen molar-refractivity contribution in [2.24, 2.45) is 5.92 Å². The Morgan fingerprint density at radius 2 is 2.64 bits per heavy atom. The molecule has 1 saturated heterocycles. The number of carbonyl (C=O) groups excluding carboxylic acids is 1. The lowest BCUT2D eigenvalue weighted by Gasteiger charge is -2.12. The number of amides is 1. The summed E-state index contributed by atoms with van der Waals surface area (Å²) in [6, 6.07) is 0. The molecule has 0 aromatic carbocycles. The van der Waals surface area contributed by atoms with E-state index in [0.29, 0.717) is 12.3 Å². The first kappa shape index (κ1) is 9.21. The van der Waals surface area contributed by atoms with E-state index >= 15 is 0 Å². The lowest BCUT2D eigenvalue weighted by molar-refractivity contribution is -0.121. The standard InChI is InChI=1S/C9H13N3O2/c1-6-8(2-3-14-6)9(13)12-7-4-10-11-5-7/h4-6,8H,2-3H2,1H3,(H,10,11)(H,12,13). The predicted octanol–water partition coefficient (Wildman–Crippen LogP) is 0.773. The van der Waals surface area contributed by atoms with E-state index in [4.69, 9.17) is 4.74 Å². The second-order valence-electron chi connectivity index (χ2n) is 3.45. The molecule has 2 heterocycles. The van der Waals surface area contributed by atoms with Crippen molar-refractivity contribution in [3.8, 4) is 0 Å². The van der Waals surface area contributed by atoms with Gasteiger partial charge in [-0.1, -0.05) is 0 Å². The number of rotatable bonds is 2. The Hall–Kier alpha value is -1.36. The van der Waals surface area contributed by atoms with Gasteiger partial charge in [0.15, 0.2) is 0 Å². The van der Waals surface area contributed by atoms with Crippen molar-refractivity contribution < 1.29 is 9.53 Å². The van der Waals surface area contributed by atoms with Gasteiger partial charge < -0.3 is 10.1 Å². The number of carbonyl (C=O) groups is 1. The van der Waals surface area contributed by atoms with Crippen LogP contribution in [-0.2, 0) is 9.53 Å². The van der Waals surface area contributed by atoms with Crippen LogP contribution in [-0.4, -0.2) is 28.8 Å². The van der Waals surface area contributed by atoms with Gasteiger partial charge in [-0.2, -0.15) is 5.10 Å². The number of H-pyrrole nitrogens is 1. The van der Waals surface area contributed by atoms with Crippen molar-refractivity contribution in [1.82, 2.24) is 10.2 Å². The van der Waals surface area contributed by atoms with E-state index < -0.39 is 0 Å². The third-order valence-electron chi connectivity index (χ3n) is 2.48. The zero-order valence-electron chi connectivity index (χ0n) is 7.99.